The molecule has 1 amide bonds. The summed E-state index contributed by atoms with van der Waals surface area (Å²) in [5.74, 6) is 1.71. The van der Waals surface area contributed by atoms with Crippen LogP contribution in [-0.4, -0.2) is 38.0 Å². The van der Waals surface area contributed by atoms with Crippen LogP contribution in [0.3, 0.4) is 0 Å². The highest BCUT2D eigenvalue weighted by molar-refractivity contribution is 7.99. The SMILES string of the molecule is Cc1ccccc1-n1c(SCC(=O)NC2CCOc3ccccc32)nnc1-c1cccnc1. The Hall–Kier alpha value is -3.65. The Labute approximate surface area is 196 Å². The molecule has 0 spiro atoms. The molecule has 33 heavy (non-hydrogen) atoms. The van der Waals surface area contributed by atoms with Crippen LogP contribution in [0.1, 0.15) is 23.6 Å². The van der Waals surface area contributed by atoms with E-state index in [0.717, 1.165) is 34.5 Å². The number of rotatable bonds is 6. The number of benzene rings is 2. The van der Waals surface area contributed by atoms with Crippen LogP contribution < -0.4 is 10.1 Å². The third-order valence-electron chi connectivity index (χ3n) is 5.54. The summed E-state index contributed by atoms with van der Waals surface area (Å²) >= 11 is 1.37. The minimum atomic E-state index is -0.0526. The van der Waals surface area contributed by atoms with Gasteiger partial charge in [0.1, 0.15) is 5.75 Å². The van der Waals surface area contributed by atoms with Crippen molar-refractivity contribution in [1.29, 1.82) is 0 Å². The highest BCUT2D eigenvalue weighted by atomic mass is 32.2. The Kier molecular flexibility index (Phi) is 6.08. The molecule has 1 atom stereocenters. The molecule has 0 fully saturated rings. The lowest BCUT2D eigenvalue weighted by atomic mass is 10.0. The Morgan fingerprint density at radius 1 is 1.12 bits per heavy atom. The summed E-state index contributed by atoms with van der Waals surface area (Å²) in [5, 5.41) is 12.6. The molecule has 0 radical (unpaired) electrons. The van der Waals surface area contributed by atoms with Crippen molar-refractivity contribution in [1.82, 2.24) is 25.1 Å². The zero-order valence-corrected chi connectivity index (χ0v) is 19.0. The van der Waals surface area contributed by atoms with Gasteiger partial charge in [-0.3, -0.25) is 14.3 Å². The number of carbonyl (C=O) groups is 1. The maximum atomic E-state index is 12.8. The molecule has 0 aliphatic carbocycles. The number of pyridine rings is 1. The van der Waals surface area contributed by atoms with Crippen LogP contribution in [0.4, 0.5) is 0 Å². The number of fused-ring (bicyclic) bond motifs is 1. The molecule has 4 aromatic rings. The van der Waals surface area contributed by atoms with E-state index in [1.165, 1.54) is 11.8 Å². The highest BCUT2D eigenvalue weighted by Crippen LogP contribution is 2.32. The van der Waals surface area contributed by atoms with Crippen molar-refractivity contribution in [2.75, 3.05) is 12.4 Å². The Morgan fingerprint density at radius 3 is 2.82 bits per heavy atom. The molecular weight excluding hydrogens is 434 g/mol. The lowest BCUT2D eigenvalue weighted by Gasteiger charge is -2.26. The molecule has 2 aromatic carbocycles. The van der Waals surface area contributed by atoms with E-state index >= 15 is 0 Å². The second kappa shape index (κ2) is 9.46. The van der Waals surface area contributed by atoms with Gasteiger partial charge in [-0.2, -0.15) is 0 Å². The molecule has 1 aliphatic heterocycles. The van der Waals surface area contributed by atoms with Crippen molar-refractivity contribution in [2.45, 2.75) is 24.5 Å². The van der Waals surface area contributed by atoms with Gasteiger partial charge in [0.25, 0.3) is 0 Å². The number of thioether (sulfide) groups is 1. The molecule has 166 valence electrons. The predicted octanol–water partition coefficient (Wildman–Crippen LogP) is 4.37. The van der Waals surface area contributed by atoms with E-state index in [2.05, 4.69) is 20.5 Å². The fraction of sp³-hybridized carbons (Fsp3) is 0.200. The van der Waals surface area contributed by atoms with Crippen LogP contribution in [-0.2, 0) is 4.79 Å². The zero-order valence-electron chi connectivity index (χ0n) is 18.1. The Morgan fingerprint density at radius 2 is 1.97 bits per heavy atom. The zero-order chi connectivity index (χ0) is 22.6. The number of aryl methyl sites for hydroxylation is 1. The number of hydrogen-bond acceptors (Lipinski definition) is 6. The summed E-state index contributed by atoms with van der Waals surface area (Å²) in [4.78, 5) is 17.1. The van der Waals surface area contributed by atoms with Crippen molar-refractivity contribution < 1.29 is 9.53 Å². The minimum absolute atomic E-state index is 0.0519. The topological polar surface area (TPSA) is 81.9 Å². The van der Waals surface area contributed by atoms with Crippen LogP contribution >= 0.6 is 11.8 Å². The highest BCUT2D eigenvalue weighted by Gasteiger charge is 2.23. The van der Waals surface area contributed by atoms with E-state index in [1.54, 1.807) is 12.4 Å². The number of aromatic nitrogens is 4. The first-order chi connectivity index (χ1) is 16.2. The number of amides is 1. The van der Waals surface area contributed by atoms with Crippen LogP contribution in [0.5, 0.6) is 5.75 Å². The van der Waals surface area contributed by atoms with Gasteiger partial charge in [-0.1, -0.05) is 48.2 Å². The number of hydrogen-bond donors (Lipinski definition) is 1. The summed E-state index contributed by atoms with van der Waals surface area (Å²) in [7, 11) is 0. The van der Waals surface area contributed by atoms with E-state index in [9.17, 15) is 4.79 Å². The molecule has 2 aromatic heterocycles. The number of nitrogens with one attached hydrogen (secondary N) is 1. The average Bonchev–Trinajstić information content (AvgIpc) is 3.27. The largest absolute Gasteiger partial charge is 0.493 e. The molecule has 7 nitrogen and oxygen atoms in total. The molecule has 5 rings (SSSR count). The van der Waals surface area contributed by atoms with Gasteiger partial charge >= 0.3 is 0 Å². The molecule has 1 aliphatic rings. The molecule has 0 saturated carbocycles. The Bertz CT molecular complexity index is 1270. The van der Waals surface area contributed by atoms with Crippen LogP contribution in [0.25, 0.3) is 17.1 Å². The maximum Gasteiger partial charge on any atom is 0.230 e. The van der Waals surface area contributed by atoms with Gasteiger partial charge in [-0.15, -0.1) is 10.2 Å². The van der Waals surface area contributed by atoms with Gasteiger partial charge in [0.05, 0.1) is 24.1 Å². The Balaban J connectivity index is 1.38. The van der Waals surface area contributed by atoms with Crippen LogP contribution in [0.15, 0.2) is 78.2 Å². The second-order valence-electron chi connectivity index (χ2n) is 7.75. The summed E-state index contributed by atoms with van der Waals surface area (Å²) in [6, 6.07) is 19.7. The summed E-state index contributed by atoms with van der Waals surface area (Å²) < 4.78 is 7.70. The number of nitrogens with zero attached hydrogens (tertiary/aromatic N) is 4. The van der Waals surface area contributed by atoms with E-state index in [1.807, 2.05) is 72.2 Å². The lowest BCUT2D eigenvalue weighted by Crippen LogP contribution is -2.33. The van der Waals surface area contributed by atoms with E-state index < -0.39 is 0 Å². The first kappa shape index (κ1) is 21.2. The van der Waals surface area contributed by atoms with E-state index in [4.69, 9.17) is 4.74 Å². The molecule has 1 unspecified atom stereocenters. The first-order valence-electron chi connectivity index (χ1n) is 10.8. The molecule has 3 heterocycles. The lowest BCUT2D eigenvalue weighted by molar-refractivity contribution is -0.119. The maximum absolute atomic E-state index is 12.8. The molecular formula is C25H23N5O2S. The third-order valence-corrected chi connectivity index (χ3v) is 6.46. The number of carbonyl (C=O) groups excluding carboxylic acids is 1. The summed E-state index contributed by atoms with van der Waals surface area (Å²) in [6.07, 6.45) is 4.24. The minimum Gasteiger partial charge on any atom is -0.493 e. The van der Waals surface area contributed by atoms with Gasteiger partial charge < -0.3 is 10.1 Å². The van der Waals surface area contributed by atoms with Gasteiger partial charge in [0, 0.05) is 29.9 Å². The van der Waals surface area contributed by atoms with Crippen molar-refractivity contribution in [2.24, 2.45) is 0 Å². The molecule has 8 heteroatoms. The van der Waals surface area contributed by atoms with Crippen molar-refractivity contribution in [3.63, 3.8) is 0 Å². The van der Waals surface area contributed by atoms with Gasteiger partial charge in [-0.25, -0.2) is 0 Å². The van der Waals surface area contributed by atoms with Crippen molar-refractivity contribution >= 4 is 17.7 Å². The number of ether oxygens (including phenoxy) is 1. The van der Waals surface area contributed by atoms with Gasteiger partial charge in [0.2, 0.25) is 5.91 Å². The second-order valence-corrected chi connectivity index (χ2v) is 8.70. The fourth-order valence-corrected chi connectivity index (χ4v) is 4.69. The van der Waals surface area contributed by atoms with Crippen LogP contribution in [0, 0.1) is 6.92 Å². The van der Waals surface area contributed by atoms with Crippen LogP contribution in [0.2, 0.25) is 0 Å². The van der Waals surface area contributed by atoms with Crippen molar-refractivity contribution in [3.8, 4) is 22.8 Å². The number of para-hydroxylation sites is 2. The van der Waals surface area contributed by atoms with Gasteiger partial charge in [-0.05, 0) is 36.8 Å². The smallest absolute Gasteiger partial charge is 0.230 e. The van der Waals surface area contributed by atoms with E-state index in [-0.39, 0.29) is 17.7 Å². The quantitative estimate of drug-likeness (QED) is 0.433. The van der Waals surface area contributed by atoms with E-state index in [0.29, 0.717) is 17.6 Å². The molecule has 0 saturated heterocycles. The van der Waals surface area contributed by atoms with Crippen molar-refractivity contribution in [3.05, 3.63) is 84.2 Å². The summed E-state index contributed by atoms with van der Waals surface area (Å²) in [5.41, 5.74) is 3.95. The average molecular weight is 458 g/mol. The predicted molar refractivity (Wildman–Crippen MR) is 127 cm³/mol. The monoisotopic (exact) mass is 457 g/mol. The fourth-order valence-electron chi connectivity index (χ4n) is 3.93. The molecule has 1 N–H and O–H groups in total. The standard InChI is InChI=1S/C25H23N5O2S/c1-17-7-2-4-10-21(17)30-24(18-8-6-13-26-15-18)28-29-25(30)33-16-23(31)27-20-12-14-32-22-11-5-3-9-19(20)22/h2-11,13,15,20H,12,14,16H2,1H3,(H,27,31). The third kappa shape index (κ3) is 4.47. The normalized spacial score (nSPS) is 14.9. The summed E-state index contributed by atoms with van der Waals surface area (Å²) in [6.45, 7) is 2.64. The van der Waals surface area contributed by atoms with Gasteiger partial charge in [0.15, 0.2) is 11.0 Å². The molecule has 0 bridgehead atoms. The first-order valence-corrected chi connectivity index (χ1v) is 11.7.